The maximum absolute atomic E-state index is 12.2. The molecule has 1 spiro atoms. The van der Waals surface area contributed by atoms with Crippen LogP contribution in [0.2, 0.25) is 0 Å². The van der Waals surface area contributed by atoms with Crippen LogP contribution in [0.3, 0.4) is 0 Å². The summed E-state index contributed by atoms with van der Waals surface area (Å²) in [5.41, 5.74) is 3.06. The Hall–Kier alpha value is -1.99. The predicted octanol–water partition coefficient (Wildman–Crippen LogP) is 1.25. The number of hydrogen-bond donors (Lipinski definition) is 3. The Balaban J connectivity index is 1.59. The molecular weight excluding hydrogens is 336 g/mol. The van der Waals surface area contributed by atoms with Gasteiger partial charge in [0.05, 0.1) is 19.3 Å². The first-order valence-electron chi connectivity index (χ1n) is 8.81. The molecule has 26 heavy (non-hydrogen) atoms. The fourth-order valence-corrected chi connectivity index (χ4v) is 4.12. The highest BCUT2D eigenvalue weighted by Gasteiger charge is 2.59. The number of ether oxygens (including phenoxy) is 2. The summed E-state index contributed by atoms with van der Waals surface area (Å²) < 4.78 is 11.7. The van der Waals surface area contributed by atoms with Crippen LogP contribution in [0.15, 0.2) is 47.6 Å². The third-order valence-corrected chi connectivity index (χ3v) is 5.41. The fraction of sp³-hybridized carbons (Fsp3) is 0.450. The second-order valence-corrected chi connectivity index (χ2v) is 7.18. The van der Waals surface area contributed by atoms with Crippen LogP contribution in [-0.4, -0.2) is 52.3 Å². The molecule has 0 saturated carbocycles. The zero-order chi connectivity index (χ0) is 18.3. The van der Waals surface area contributed by atoms with Crippen molar-refractivity contribution >= 4 is 5.78 Å². The predicted molar refractivity (Wildman–Crippen MR) is 92.4 cm³/mol. The summed E-state index contributed by atoms with van der Waals surface area (Å²) in [6.07, 6.45) is 3.19. The minimum absolute atomic E-state index is 0.0134. The first kappa shape index (κ1) is 17.4. The summed E-state index contributed by atoms with van der Waals surface area (Å²) in [4.78, 5) is 12.2. The number of aliphatic hydroxyl groups is 2. The van der Waals surface area contributed by atoms with E-state index in [9.17, 15) is 20.1 Å². The van der Waals surface area contributed by atoms with Gasteiger partial charge in [-0.05, 0) is 36.1 Å². The summed E-state index contributed by atoms with van der Waals surface area (Å²) in [6.45, 7) is 0.00435. The standard InChI is InChI=1S/C20H22O6/c21-10-16-9-18(23)19(24)20(26-16)17-8-13(4-5-14(17)11-25-20)6-12-2-1-3-15(22)7-12/h1-5,7,16-17,19,21-22,24H,6,8-11H2/t16-,17?,19+,20-/m0/s1. The van der Waals surface area contributed by atoms with Gasteiger partial charge in [-0.3, -0.25) is 4.79 Å². The largest absolute Gasteiger partial charge is 0.508 e. The number of ketones is 1. The summed E-state index contributed by atoms with van der Waals surface area (Å²) in [5.74, 6) is -1.83. The number of aromatic hydroxyl groups is 1. The summed E-state index contributed by atoms with van der Waals surface area (Å²) >= 11 is 0. The number of aliphatic hydroxyl groups excluding tert-OH is 2. The van der Waals surface area contributed by atoms with E-state index in [4.69, 9.17) is 9.47 Å². The van der Waals surface area contributed by atoms with Crippen LogP contribution >= 0.6 is 0 Å². The highest BCUT2D eigenvalue weighted by molar-refractivity contribution is 5.85. The number of hydrogen-bond acceptors (Lipinski definition) is 6. The summed E-state index contributed by atoms with van der Waals surface area (Å²) in [5, 5.41) is 29.6. The van der Waals surface area contributed by atoms with E-state index in [1.54, 1.807) is 18.2 Å². The van der Waals surface area contributed by atoms with E-state index in [1.807, 2.05) is 18.2 Å². The molecule has 1 unspecified atom stereocenters. The van der Waals surface area contributed by atoms with Crippen molar-refractivity contribution in [2.24, 2.45) is 5.92 Å². The van der Waals surface area contributed by atoms with E-state index < -0.39 is 18.0 Å². The molecule has 6 heteroatoms. The minimum atomic E-state index is -1.42. The normalized spacial score (nSPS) is 33.8. The van der Waals surface area contributed by atoms with Crippen LogP contribution in [0.25, 0.3) is 0 Å². The molecule has 4 rings (SSSR count). The van der Waals surface area contributed by atoms with Gasteiger partial charge in [0.25, 0.3) is 0 Å². The second-order valence-electron chi connectivity index (χ2n) is 7.18. The number of fused-ring (bicyclic) bond motifs is 2. The molecule has 3 aliphatic rings. The molecule has 0 amide bonds. The summed E-state index contributed by atoms with van der Waals surface area (Å²) in [7, 11) is 0. The Morgan fingerprint density at radius 2 is 2.08 bits per heavy atom. The quantitative estimate of drug-likeness (QED) is 0.752. The van der Waals surface area contributed by atoms with Crippen molar-refractivity contribution in [3.05, 3.63) is 53.1 Å². The Bertz CT molecular complexity index is 782. The van der Waals surface area contributed by atoms with Crippen molar-refractivity contribution in [2.45, 2.75) is 37.3 Å². The molecule has 1 aliphatic carbocycles. The van der Waals surface area contributed by atoms with Gasteiger partial charge in [0.1, 0.15) is 5.75 Å². The Labute approximate surface area is 151 Å². The van der Waals surface area contributed by atoms with Crippen LogP contribution in [0, 0.1) is 5.92 Å². The molecule has 3 N–H and O–H groups in total. The zero-order valence-electron chi connectivity index (χ0n) is 14.3. The molecule has 138 valence electrons. The molecule has 1 aromatic carbocycles. The Morgan fingerprint density at radius 1 is 1.23 bits per heavy atom. The first-order chi connectivity index (χ1) is 12.5. The smallest absolute Gasteiger partial charge is 0.209 e. The van der Waals surface area contributed by atoms with Gasteiger partial charge in [0.2, 0.25) is 5.79 Å². The highest BCUT2D eigenvalue weighted by atomic mass is 16.7. The maximum atomic E-state index is 12.2. The molecule has 4 atom stereocenters. The molecule has 0 bridgehead atoms. The van der Waals surface area contributed by atoms with E-state index in [1.165, 1.54) is 0 Å². The van der Waals surface area contributed by atoms with Crippen molar-refractivity contribution in [3.63, 3.8) is 0 Å². The SMILES string of the molecule is O=C1C[C@@H](CO)O[C@]2(OCC3=CC=C(Cc4cccc(O)c4)CC32)[C@@H]1O. The third-order valence-electron chi connectivity index (χ3n) is 5.41. The molecule has 2 heterocycles. The number of phenols is 1. The van der Waals surface area contributed by atoms with Crippen molar-refractivity contribution in [1.82, 2.24) is 0 Å². The number of rotatable bonds is 3. The minimum Gasteiger partial charge on any atom is -0.508 e. The van der Waals surface area contributed by atoms with Crippen LogP contribution in [0.4, 0.5) is 0 Å². The monoisotopic (exact) mass is 358 g/mol. The second kappa shape index (κ2) is 6.63. The lowest BCUT2D eigenvalue weighted by Gasteiger charge is -2.44. The molecule has 6 nitrogen and oxygen atoms in total. The molecule has 2 fully saturated rings. The van der Waals surface area contributed by atoms with Gasteiger partial charge >= 0.3 is 0 Å². The van der Waals surface area contributed by atoms with Crippen LogP contribution in [0.1, 0.15) is 18.4 Å². The molecule has 2 aliphatic heterocycles. The molecular formula is C20H22O6. The average Bonchev–Trinajstić information content (AvgIpc) is 2.98. The van der Waals surface area contributed by atoms with Gasteiger partial charge in [0.15, 0.2) is 11.9 Å². The van der Waals surface area contributed by atoms with Gasteiger partial charge in [-0.25, -0.2) is 0 Å². The van der Waals surface area contributed by atoms with E-state index in [0.717, 1.165) is 16.7 Å². The lowest BCUT2D eigenvalue weighted by Crippen LogP contribution is -2.60. The number of phenolic OH excluding ortho intramolecular Hbond substituents is 1. The average molecular weight is 358 g/mol. The highest BCUT2D eigenvalue weighted by Crippen LogP contribution is 2.48. The van der Waals surface area contributed by atoms with E-state index in [0.29, 0.717) is 19.4 Å². The number of benzene rings is 1. The molecule has 2 saturated heterocycles. The maximum Gasteiger partial charge on any atom is 0.209 e. The molecule has 1 aromatic rings. The van der Waals surface area contributed by atoms with Gasteiger partial charge in [0, 0.05) is 12.3 Å². The first-order valence-corrected chi connectivity index (χ1v) is 8.81. The van der Waals surface area contributed by atoms with Crippen LogP contribution in [-0.2, 0) is 20.7 Å². The fourth-order valence-electron chi connectivity index (χ4n) is 4.12. The van der Waals surface area contributed by atoms with Gasteiger partial charge < -0.3 is 24.8 Å². The topological polar surface area (TPSA) is 96.2 Å². The Kier molecular flexibility index (Phi) is 4.44. The third kappa shape index (κ3) is 2.89. The lowest BCUT2D eigenvalue weighted by atomic mass is 9.77. The van der Waals surface area contributed by atoms with Gasteiger partial charge in [-0.1, -0.05) is 29.9 Å². The molecule has 0 aromatic heterocycles. The number of allylic oxidation sites excluding steroid dienone is 3. The molecule has 0 radical (unpaired) electrons. The van der Waals surface area contributed by atoms with Crippen LogP contribution < -0.4 is 0 Å². The lowest BCUT2D eigenvalue weighted by molar-refractivity contribution is -0.306. The van der Waals surface area contributed by atoms with Crippen molar-refractivity contribution in [3.8, 4) is 5.75 Å². The van der Waals surface area contributed by atoms with Crippen molar-refractivity contribution in [1.29, 1.82) is 0 Å². The number of carbonyl (C=O) groups excluding carboxylic acids is 1. The Morgan fingerprint density at radius 3 is 2.85 bits per heavy atom. The van der Waals surface area contributed by atoms with Gasteiger partial charge in [-0.2, -0.15) is 0 Å². The van der Waals surface area contributed by atoms with E-state index in [-0.39, 0.29) is 30.5 Å². The zero-order valence-corrected chi connectivity index (χ0v) is 14.3. The number of Topliss-reactive ketones (excluding diaryl/α,β-unsaturated/α-hetero) is 1. The summed E-state index contributed by atoms with van der Waals surface area (Å²) in [6, 6.07) is 7.09. The number of carbonyl (C=O) groups is 1. The van der Waals surface area contributed by atoms with E-state index >= 15 is 0 Å². The van der Waals surface area contributed by atoms with Crippen LogP contribution in [0.5, 0.6) is 5.75 Å². The van der Waals surface area contributed by atoms with Crippen molar-refractivity contribution in [2.75, 3.05) is 13.2 Å². The van der Waals surface area contributed by atoms with Gasteiger partial charge in [-0.15, -0.1) is 0 Å². The van der Waals surface area contributed by atoms with Crippen molar-refractivity contribution < 1.29 is 29.6 Å². The van der Waals surface area contributed by atoms with E-state index in [2.05, 4.69) is 0 Å².